The Kier molecular flexibility index (Phi) is 5.04. The van der Waals surface area contributed by atoms with E-state index in [0.29, 0.717) is 24.4 Å². The topological polar surface area (TPSA) is 55.1 Å². The second-order valence-electron chi connectivity index (χ2n) is 6.35. The third kappa shape index (κ3) is 3.47. The minimum Gasteiger partial charge on any atom is -0.353 e. The molecule has 0 saturated heterocycles. The summed E-state index contributed by atoms with van der Waals surface area (Å²) in [7, 11) is 0. The summed E-state index contributed by atoms with van der Waals surface area (Å²) in [6.07, 6.45) is 9.39. The predicted octanol–water partition coefficient (Wildman–Crippen LogP) is 2.45. The lowest BCUT2D eigenvalue weighted by Crippen LogP contribution is -2.47. The highest BCUT2D eigenvalue weighted by Gasteiger charge is 2.29. The Morgan fingerprint density at radius 3 is 2.44 bits per heavy atom. The molecule has 1 amide bonds. The van der Waals surface area contributed by atoms with Gasteiger partial charge in [-0.05, 0) is 56.9 Å². The lowest BCUT2D eigenvalue weighted by Gasteiger charge is -2.33. The van der Waals surface area contributed by atoms with E-state index in [4.69, 9.17) is 5.73 Å². The van der Waals surface area contributed by atoms with Crippen molar-refractivity contribution in [3.8, 4) is 0 Å². The van der Waals surface area contributed by atoms with Crippen LogP contribution in [-0.2, 0) is 4.79 Å². The van der Waals surface area contributed by atoms with Crippen molar-refractivity contribution >= 4 is 5.91 Å². The van der Waals surface area contributed by atoms with Crippen LogP contribution < -0.4 is 11.1 Å². The summed E-state index contributed by atoms with van der Waals surface area (Å²) in [6.45, 7) is 3.01. The fourth-order valence-electron chi connectivity index (χ4n) is 3.50. The van der Waals surface area contributed by atoms with Gasteiger partial charge in [0.15, 0.2) is 0 Å². The van der Waals surface area contributed by atoms with Crippen LogP contribution in [0.25, 0.3) is 0 Å². The fraction of sp³-hybridized carbons (Fsp3) is 0.933. The van der Waals surface area contributed by atoms with Crippen molar-refractivity contribution in [1.82, 2.24) is 5.32 Å². The number of nitrogens with one attached hydrogen (secondary N) is 1. The number of hydrogen-bond donors (Lipinski definition) is 2. The lowest BCUT2D eigenvalue weighted by molar-refractivity contribution is -0.127. The Morgan fingerprint density at radius 2 is 1.78 bits per heavy atom. The van der Waals surface area contributed by atoms with E-state index >= 15 is 0 Å². The van der Waals surface area contributed by atoms with Crippen molar-refractivity contribution in [2.75, 3.05) is 6.54 Å². The van der Waals surface area contributed by atoms with Crippen LogP contribution in [0.3, 0.4) is 0 Å². The largest absolute Gasteiger partial charge is 0.353 e. The molecule has 2 rings (SSSR count). The highest BCUT2D eigenvalue weighted by atomic mass is 16.1. The molecule has 104 valence electrons. The van der Waals surface area contributed by atoms with Crippen LogP contribution in [0, 0.1) is 17.8 Å². The number of nitrogens with two attached hydrogens (primary N) is 1. The molecule has 2 fully saturated rings. The van der Waals surface area contributed by atoms with Crippen LogP contribution in [0.4, 0.5) is 0 Å². The fourth-order valence-corrected chi connectivity index (χ4v) is 3.50. The molecule has 2 aliphatic carbocycles. The summed E-state index contributed by atoms with van der Waals surface area (Å²) < 4.78 is 0. The molecule has 2 saturated carbocycles. The molecule has 2 aliphatic rings. The van der Waals surface area contributed by atoms with Crippen molar-refractivity contribution < 1.29 is 4.79 Å². The van der Waals surface area contributed by atoms with Gasteiger partial charge in [0.1, 0.15) is 0 Å². The molecule has 3 nitrogen and oxygen atoms in total. The van der Waals surface area contributed by atoms with Crippen molar-refractivity contribution in [3.63, 3.8) is 0 Å². The van der Waals surface area contributed by atoms with E-state index in [1.807, 2.05) is 0 Å². The van der Waals surface area contributed by atoms with E-state index in [-0.39, 0.29) is 5.92 Å². The molecule has 0 radical (unpaired) electrons. The van der Waals surface area contributed by atoms with Gasteiger partial charge < -0.3 is 11.1 Å². The van der Waals surface area contributed by atoms with E-state index in [9.17, 15) is 4.79 Å². The van der Waals surface area contributed by atoms with Crippen LogP contribution >= 0.6 is 0 Å². The molecule has 2 atom stereocenters. The first kappa shape index (κ1) is 13.9. The van der Waals surface area contributed by atoms with Crippen LogP contribution in [0.5, 0.6) is 0 Å². The molecule has 0 aromatic heterocycles. The highest BCUT2D eigenvalue weighted by molar-refractivity contribution is 5.79. The van der Waals surface area contributed by atoms with Crippen molar-refractivity contribution in [2.45, 2.75) is 64.3 Å². The summed E-state index contributed by atoms with van der Waals surface area (Å²) >= 11 is 0. The first-order valence-corrected chi connectivity index (χ1v) is 7.71. The van der Waals surface area contributed by atoms with Crippen molar-refractivity contribution in [1.29, 1.82) is 0 Å². The minimum absolute atomic E-state index is 0.265. The average Bonchev–Trinajstić information content (AvgIpc) is 2.40. The van der Waals surface area contributed by atoms with E-state index in [2.05, 4.69) is 12.2 Å². The van der Waals surface area contributed by atoms with E-state index in [0.717, 1.165) is 25.2 Å². The molecular formula is C15H28N2O. The van der Waals surface area contributed by atoms with Crippen molar-refractivity contribution in [2.24, 2.45) is 23.5 Å². The maximum absolute atomic E-state index is 12.3. The van der Waals surface area contributed by atoms with Gasteiger partial charge in [0, 0.05) is 12.0 Å². The SMILES string of the molecule is CC1CCC(C(=O)NC2CCCCC2CN)CC1. The van der Waals surface area contributed by atoms with Crippen LogP contribution in [0.1, 0.15) is 58.3 Å². The maximum atomic E-state index is 12.3. The zero-order chi connectivity index (χ0) is 13.0. The van der Waals surface area contributed by atoms with Crippen LogP contribution in [0.2, 0.25) is 0 Å². The molecule has 0 bridgehead atoms. The third-order valence-corrected chi connectivity index (χ3v) is 4.93. The Hall–Kier alpha value is -0.570. The van der Waals surface area contributed by atoms with Crippen LogP contribution in [0.15, 0.2) is 0 Å². The second-order valence-corrected chi connectivity index (χ2v) is 6.35. The van der Waals surface area contributed by atoms with E-state index in [1.54, 1.807) is 0 Å². The van der Waals surface area contributed by atoms with Gasteiger partial charge in [-0.3, -0.25) is 4.79 Å². The average molecular weight is 252 g/mol. The molecule has 0 heterocycles. The van der Waals surface area contributed by atoms with Crippen molar-refractivity contribution in [3.05, 3.63) is 0 Å². The highest BCUT2D eigenvalue weighted by Crippen LogP contribution is 2.29. The summed E-state index contributed by atoms with van der Waals surface area (Å²) in [5.74, 6) is 1.87. The first-order chi connectivity index (χ1) is 8.70. The first-order valence-electron chi connectivity index (χ1n) is 7.71. The molecule has 0 aromatic carbocycles. The monoisotopic (exact) mass is 252 g/mol. The number of rotatable bonds is 3. The Labute approximate surface area is 111 Å². The Bertz CT molecular complexity index is 272. The van der Waals surface area contributed by atoms with E-state index in [1.165, 1.54) is 32.1 Å². The van der Waals surface area contributed by atoms with Gasteiger partial charge in [-0.25, -0.2) is 0 Å². The number of carbonyl (C=O) groups excluding carboxylic acids is 1. The molecule has 18 heavy (non-hydrogen) atoms. The zero-order valence-electron chi connectivity index (χ0n) is 11.7. The van der Waals surface area contributed by atoms with Gasteiger partial charge in [0.2, 0.25) is 5.91 Å². The van der Waals surface area contributed by atoms with Gasteiger partial charge in [-0.15, -0.1) is 0 Å². The molecule has 0 aliphatic heterocycles. The standard InChI is InChI=1S/C15H28N2O/c1-11-6-8-12(9-7-11)15(18)17-14-5-3-2-4-13(14)10-16/h11-14H,2-10,16H2,1H3,(H,17,18). The molecular weight excluding hydrogens is 224 g/mol. The van der Waals surface area contributed by atoms with Crippen LogP contribution in [-0.4, -0.2) is 18.5 Å². The van der Waals surface area contributed by atoms with Gasteiger partial charge in [-0.1, -0.05) is 19.8 Å². The summed E-state index contributed by atoms with van der Waals surface area (Å²) in [6, 6.07) is 0.343. The number of carbonyl (C=O) groups is 1. The third-order valence-electron chi connectivity index (χ3n) is 4.93. The summed E-state index contributed by atoms with van der Waals surface area (Å²) in [4.78, 5) is 12.3. The second kappa shape index (κ2) is 6.55. The molecule has 3 heteroatoms. The molecule has 3 N–H and O–H groups in total. The predicted molar refractivity (Wildman–Crippen MR) is 74.1 cm³/mol. The normalized spacial score (nSPS) is 37.2. The summed E-state index contributed by atoms with van der Waals surface area (Å²) in [5.41, 5.74) is 5.81. The summed E-state index contributed by atoms with van der Waals surface area (Å²) in [5, 5.41) is 3.29. The maximum Gasteiger partial charge on any atom is 0.223 e. The molecule has 2 unspecified atom stereocenters. The number of amides is 1. The van der Waals surface area contributed by atoms with Gasteiger partial charge in [0.25, 0.3) is 0 Å². The van der Waals surface area contributed by atoms with Gasteiger partial charge in [-0.2, -0.15) is 0 Å². The quantitative estimate of drug-likeness (QED) is 0.810. The Balaban J connectivity index is 1.82. The van der Waals surface area contributed by atoms with Gasteiger partial charge in [0.05, 0.1) is 0 Å². The number of hydrogen-bond acceptors (Lipinski definition) is 2. The molecule has 0 spiro atoms. The minimum atomic E-state index is 0.265. The lowest BCUT2D eigenvalue weighted by atomic mass is 9.81. The van der Waals surface area contributed by atoms with Gasteiger partial charge >= 0.3 is 0 Å². The smallest absolute Gasteiger partial charge is 0.223 e. The molecule has 0 aromatic rings. The van der Waals surface area contributed by atoms with E-state index < -0.39 is 0 Å². The zero-order valence-corrected chi connectivity index (χ0v) is 11.7. The Morgan fingerprint density at radius 1 is 1.11 bits per heavy atom.